The number of piperazine rings is 3. The second-order valence-corrected chi connectivity index (χ2v) is 34.6. The van der Waals surface area contributed by atoms with E-state index in [1.54, 1.807) is 87.0 Å². The molecule has 3 amide bonds. The van der Waals surface area contributed by atoms with Gasteiger partial charge in [-0.1, -0.05) is 131 Å². The van der Waals surface area contributed by atoms with Gasteiger partial charge in [-0.25, -0.2) is 54.5 Å². The van der Waals surface area contributed by atoms with Gasteiger partial charge < -0.3 is 46.6 Å². The Kier molecular flexibility index (Phi) is 28.8. The number of pyridine rings is 9. The SMILES string of the molecule is C=CC(=O)N1CCN(c2c(C#N)c(=O)n(-c3c(C)ccnc3C(C)C)c3nc(-c4c(N)c(Cl)c(F)c(Cl)c4F)c(Cl)cc23)CC1.C=CC(=O)N1CCN(c2c(C#N)c(=O)n(-c3c(C)ccnc3C(C)C)c3nc(-c4c(N)c(F)c(F)c(Cl)c4F)c(Cl)cc23)CC1.C=CC(=O)N1CCN(c2c(C#N)c(=O)n(-c3c(C)ccnc3C(C)C)c3nc(-c4c(N)c(F)c(F)c(F)c4F)c(Cl)cc23)CC1. The summed E-state index contributed by atoms with van der Waals surface area (Å²) in [6.45, 7) is 30.2. The Hall–Kier alpha value is -13.8. The Morgan fingerprint density at radius 1 is 0.378 bits per heavy atom. The van der Waals surface area contributed by atoms with Crippen LogP contribution in [-0.2, 0) is 14.4 Å². The highest BCUT2D eigenvalue weighted by atomic mass is 35.5. The lowest BCUT2D eigenvalue weighted by molar-refractivity contribution is -0.127. The van der Waals surface area contributed by atoms with E-state index in [1.807, 2.05) is 53.7 Å². The number of aromatic nitrogens is 9. The highest BCUT2D eigenvalue weighted by molar-refractivity contribution is 6.39. The summed E-state index contributed by atoms with van der Waals surface area (Å²) in [5.41, 5.74) is 13.6. The third-order valence-electron chi connectivity index (χ3n) is 23.2. The van der Waals surface area contributed by atoms with Crippen LogP contribution in [0.25, 0.3) is 83.9 Å². The molecule has 3 aliphatic heterocycles. The fourth-order valence-electron chi connectivity index (χ4n) is 16.6. The molecule has 3 aliphatic rings. The van der Waals surface area contributed by atoms with E-state index in [4.69, 9.17) is 86.8 Å². The van der Waals surface area contributed by atoms with Crippen molar-refractivity contribution >= 4 is 155 Å². The molecule has 15 rings (SSSR count). The van der Waals surface area contributed by atoms with Gasteiger partial charge in [-0.3, -0.25) is 57.4 Å². The molecule has 0 radical (unpaired) electrons. The zero-order valence-corrected chi connectivity index (χ0v) is 77.7. The molecular weight excluding hydrogens is 1890 g/mol. The number of anilines is 6. The first-order chi connectivity index (χ1) is 64.0. The summed E-state index contributed by atoms with van der Waals surface area (Å²) < 4.78 is 136. The van der Waals surface area contributed by atoms with Crippen LogP contribution in [0.3, 0.4) is 0 Å². The Bertz CT molecular complexity index is 6650. The molecule has 9 aromatic heterocycles. The zero-order chi connectivity index (χ0) is 98.7. The molecule has 696 valence electrons. The van der Waals surface area contributed by atoms with Crippen molar-refractivity contribution < 1.29 is 53.9 Å². The second kappa shape index (κ2) is 39.4. The van der Waals surface area contributed by atoms with Crippen molar-refractivity contribution in [3.8, 4) is 69.0 Å². The van der Waals surface area contributed by atoms with Gasteiger partial charge in [-0.05, 0) is 110 Å². The van der Waals surface area contributed by atoms with Gasteiger partial charge in [-0.2, -0.15) is 15.8 Å². The standard InChI is InChI=1S/C31H26Cl3F2N7O2.C31H26Cl2F3N7O2.C31H26ClF4N7O2/c1-5-19(44)41-8-10-42(11-9-41)29-16-12-18(32)27(20-23(35)21(33)24(36)22(34)25(20)38)40-30(16)43(31(45)17(29)13-37)28-15(4)6-7-39-26(28)14(2)3;1-5-19(44)41-8-10-42(11-9-41)29-16-12-18(32)27(20-22(34)21(33)23(35)24(36)25(20)38)40-30(16)43(31(45)17(29)13-37)28-15(4)6-7-39-26(28)14(2)3;1-5-19(44)41-8-10-42(11-9-41)29-16-12-18(32)27(20-21(33)22(34)23(35)24(36)25(20)38)40-30(16)43(31(45)17(29)13-37)28-15(4)6-7-39-26(28)14(2)3/h3*5-7,12,14H,1,8-11,38H2,2-4H3. The average Bonchev–Trinajstić information content (AvgIpc) is 0.728. The molecule has 12 aromatic rings. The van der Waals surface area contributed by atoms with E-state index in [2.05, 4.69) is 55.7 Å². The number of carbonyl (C=O) groups excluding carboxylic acids is 3. The molecule has 12 heterocycles. The number of nitrogens with two attached hydrogens (primary N) is 3. The fraction of sp³-hybridized carbons (Fsp3) is 0.258. The van der Waals surface area contributed by atoms with Gasteiger partial charge in [0.25, 0.3) is 16.7 Å². The molecule has 0 unspecified atom stereocenters. The molecule has 3 aromatic carbocycles. The van der Waals surface area contributed by atoms with Crippen molar-refractivity contribution in [2.75, 3.05) is 110 Å². The lowest BCUT2D eigenvalue weighted by atomic mass is 10.0. The van der Waals surface area contributed by atoms with Gasteiger partial charge in [0.15, 0.2) is 52.4 Å². The molecule has 0 atom stereocenters. The van der Waals surface area contributed by atoms with Crippen molar-refractivity contribution in [2.24, 2.45) is 0 Å². The third kappa shape index (κ3) is 17.5. The van der Waals surface area contributed by atoms with E-state index in [-0.39, 0.29) is 189 Å². The highest BCUT2D eigenvalue weighted by Gasteiger charge is 2.38. The molecule has 135 heavy (non-hydrogen) atoms. The van der Waals surface area contributed by atoms with E-state index in [0.717, 1.165) is 4.57 Å². The number of aryl methyl sites for hydroxylation is 3. The van der Waals surface area contributed by atoms with Crippen LogP contribution < -0.4 is 48.6 Å². The number of nitriles is 3. The first kappa shape index (κ1) is 98.7. The number of nitrogen functional groups attached to an aromatic ring is 3. The molecule has 3 fully saturated rings. The van der Waals surface area contributed by atoms with Crippen molar-refractivity contribution in [3.63, 3.8) is 0 Å². The second-order valence-electron chi connectivity index (χ2n) is 32.2. The van der Waals surface area contributed by atoms with Gasteiger partial charge in [0.2, 0.25) is 17.7 Å². The van der Waals surface area contributed by atoms with Crippen molar-refractivity contribution in [2.45, 2.75) is 80.1 Å². The summed E-state index contributed by atoms with van der Waals surface area (Å²) in [7, 11) is 0. The first-order valence-corrected chi connectivity index (χ1v) is 43.6. The molecule has 3 saturated heterocycles. The van der Waals surface area contributed by atoms with Gasteiger partial charge >= 0.3 is 0 Å². The van der Waals surface area contributed by atoms with Gasteiger partial charge in [0.05, 0.1) is 117 Å². The summed E-state index contributed by atoms with van der Waals surface area (Å²) in [5, 5.41) is 28.4. The van der Waals surface area contributed by atoms with Gasteiger partial charge in [0.1, 0.15) is 66.9 Å². The van der Waals surface area contributed by atoms with Gasteiger partial charge in [-0.15, -0.1) is 0 Å². The normalized spacial score (nSPS) is 13.4. The topological polar surface area (TPSA) is 363 Å². The number of rotatable bonds is 15. The number of amides is 3. The summed E-state index contributed by atoms with van der Waals surface area (Å²) in [6, 6.07) is 15.2. The molecule has 42 heteroatoms. The molecular formula is C93H78Cl6F9N21O6. The zero-order valence-electron chi connectivity index (χ0n) is 73.2. The number of halogens is 15. The van der Waals surface area contributed by atoms with Crippen LogP contribution in [0.1, 0.15) is 110 Å². The van der Waals surface area contributed by atoms with E-state index in [1.165, 1.54) is 45.6 Å². The largest absolute Gasteiger partial charge is 0.397 e. The summed E-state index contributed by atoms with van der Waals surface area (Å²) in [6.07, 6.45) is 8.36. The van der Waals surface area contributed by atoms with E-state index in [9.17, 15) is 70.9 Å². The minimum absolute atomic E-state index is 0.00590. The van der Waals surface area contributed by atoms with Gasteiger partial charge in [0, 0.05) is 113 Å². The Morgan fingerprint density at radius 3 is 0.911 bits per heavy atom. The van der Waals surface area contributed by atoms with Crippen LogP contribution in [0.5, 0.6) is 0 Å². The number of nitrogens with zero attached hydrogens (tertiary/aromatic N) is 18. The minimum atomic E-state index is -2.12. The summed E-state index contributed by atoms with van der Waals surface area (Å²) >= 11 is 37.7. The molecule has 0 spiro atoms. The van der Waals surface area contributed by atoms with E-state index < -0.39 is 129 Å². The van der Waals surface area contributed by atoms with E-state index >= 15 is 13.2 Å². The molecule has 6 N–H and O–H groups in total. The van der Waals surface area contributed by atoms with Crippen LogP contribution in [-0.4, -0.2) is 155 Å². The van der Waals surface area contributed by atoms with Crippen LogP contribution in [0, 0.1) is 107 Å². The number of hydrogen-bond donors (Lipinski definition) is 3. The highest BCUT2D eigenvalue weighted by Crippen LogP contribution is 2.48. The van der Waals surface area contributed by atoms with Crippen molar-refractivity contribution in [3.05, 3.63) is 257 Å². The Morgan fingerprint density at radius 2 is 0.637 bits per heavy atom. The summed E-state index contributed by atoms with van der Waals surface area (Å²) in [5.74, 6) is -16.4. The third-order valence-corrected chi connectivity index (χ3v) is 25.1. The monoisotopic (exact) mass is 1970 g/mol. The Labute approximate surface area is 794 Å². The van der Waals surface area contributed by atoms with Crippen LogP contribution in [0.2, 0.25) is 30.1 Å². The number of hydrogen-bond acceptors (Lipinski definition) is 21. The van der Waals surface area contributed by atoms with Crippen LogP contribution >= 0.6 is 69.6 Å². The quantitative estimate of drug-likeness (QED) is 0.0282. The predicted molar refractivity (Wildman–Crippen MR) is 502 cm³/mol. The Balaban J connectivity index is 0.000000171. The number of fused-ring (bicyclic) bond motifs is 3. The maximum Gasteiger partial charge on any atom is 0.276 e. The predicted octanol–water partition coefficient (Wildman–Crippen LogP) is 17.7. The maximum atomic E-state index is 15.5. The number of benzene rings is 3. The van der Waals surface area contributed by atoms with Crippen molar-refractivity contribution in [1.82, 2.24) is 58.3 Å². The first-order valence-electron chi connectivity index (χ1n) is 41.3. The average molecular weight is 1970 g/mol. The molecule has 0 saturated carbocycles. The summed E-state index contributed by atoms with van der Waals surface area (Å²) in [4.78, 5) is 117. The lowest BCUT2D eigenvalue weighted by Crippen LogP contribution is -2.49. The van der Waals surface area contributed by atoms with Crippen LogP contribution in [0.4, 0.5) is 73.6 Å². The lowest BCUT2D eigenvalue weighted by Gasteiger charge is -2.36. The smallest absolute Gasteiger partial charge is 0.276 e. The van der Waals surface area contributed by atoms with E-state index in [0.29, 0.717) is 63.6 Å². The molecule has 27 nitrogen and oxygen atoms in total. The van der Waals surface area contributed by atoms with Crippen LogP contribution in [0.15, 0.2) is 107 Å². The maximum absolute atomic E-state index is 15.5. The molecule has 0 aliphatic carbocycles. The minimum Gasteiger partial charge on any atom is -0.397 e. The van der Waals surface area contributed by atoms with Crippen molar-refractivity contribution in [1.29, 1.82) is 15.8 Å². The number of carbonyl (C=O) groups is 3. The molecule has 0 bridgehead atoms. The fourth-order valence-corrected chi connectivity index (χ4v) is 17.9.